The van der Waals surface area contributed by atoms with E-state index in [4.69, 9.17) is 0 Å². The molecule has 0 aliphatic carbocycles. The van der Waals surface area contributed by atoms with Gasteiger partial charge in [0.05, 0.1) is 0 Å². The fourth-order valence-corrected chi connectivity index (χ4v) is 20.9. The van der Waals surface area contributed by atoms with Crippen molar-refractivity contribution in [2.45, 2.75) is 34.6 Å². The molecule has 0 N–H and O–H groups in total. The molecule has 0 aliphatic rings. The van der Waals surface area contributed by atoms with Gasteiger partial charge in [-0.15, -0.1) is 0 Å². The Morgan fingerprint density at radius 2 is 0.743 bits per heavy atom. The van der Waals surface area contributed by atoms with Crippen LogP contribution in [0.5, 0.6) is 0 Å². The molecule has 5 nitrogen and oxygen atoms in total. The second kappa shape index (κ2) is 20.7. The Hall–Kier alpha value is -5.55. The summed E-state index contributed by atoms with van der Waals surface area (Å²) >= 11 is 2.32. The molecule has 15 rings (SSSR count). The number of nitrogens with zero attached hydrogens (tertiary/aromatic N) is 5. The van der Waals surface area contributed by atoms with Gasteiger partial charge in [-0.05, 0) is 0 Å². The normalized spacial score (nSPS) is 11.2. The molecule has 5 aromatic carbocycles. The van der Waals surface area contributed by atoms with Gasteiger partial charge in [0, 0.05) is 0 Å². The fourth-order valence-electron chi connectivity index (χ4n) is 8.98. The van der Waals surface area contributed by atoms with Gasteiger partial charge in [0.2, 0.25) is 0 Å². The van der Waals surface area contributed by atoms with Crippen LogP contribution in [0.4, 0.5) is 0 Å². The predicted molar refractivity (Wildman–Crippen MR) is 305 cm³/mol. The zero-order valence-electron chi connectivity index (χ0n) is 39.1. The van der Waals surface area contributed by atoms with E-state index >= 15 is 0 Å². The molecule has 340 valence electrons. The topological polar surface area (TPSA) is 64.5 Å². The second-order valence-corrected chi connectivity index (χ2v) is 28.5. The van der Waals surface area contributed by atoms with Gasteiger partial charge < -0.3 is 0 Å². The maximum atomic E-state index is 4.25. The summed E-state index contributed by atoms with van der Waals surface area (Å²) in [5.41, 5.74) is 6.79. The zero-order valence-corrected chi connectivity index (χ0v) is 47.7. The first kappa shape index (κ1) is 46.8. The Bertz CT molecular complexity index is 4210. The monoisotopic (exact) mass is 1230 g/mol. The van der Waals surface area contributed by atoms with Crippen LogP contribution in [0, 0.1) is 34.6 Å². The third kappa shape index (κ3) is 9.51. The Morgan fingerprint density at radius 1 is 0.271 bits per heavy atom. The van der Waals surface area contributed by atoms with Gasteiger partial charge >= 0.3 is 440 Å². The Kier molecular flexibility index (Phi) is 13.8. The molecular weight excluding hydrogens is 1190 g/mol. The van der Waals surface area contributed by atoms with Crippen molar-refractivity contribution in [3.05, 3.63) is 211 Å². The van der Waals surface area contributed by atoms with Crippen molar-refractivity contribution in [3.63, 3.8) is 0 Å². The van der Waals surface area contributed by atoms with Gasteiger partial charge in [-0.1, -0.05) is 0 Å². The minimum absolute atomic E-state index is 0.463. The zero-order chi connectivity index (χ0) is 47.7. The van der Waals surface area contributed by atoms with Crippen LogP contribution >= 0.6 is 0 Å². The molecule has 0 aliphatic heterocycles. The number of hydrogen-bond acceptors (Lipinski definition) is 5. The average molecular weight is 1230 g/mol. The molecule has 0 unspecified atom stereocenters. The van der Waals surface area contributed by atoms with E-state index in [-0.39, 0.29) is 0 Å². The van der Waals surface area contributed by atoms with Gasteiger partial charge in [-0.25, -0.2) is 0 Å². The summed E-state index contributed by atoms with van der Waals surface area (Å²) in [5.74, 6) is 0. The summed E-state index contributed by atoms with van der Waals surface area (Å²) in [6, 6.07) is 43.8. The van der Waals surface area contributed by atoms with E-state index in [0.29, 0.717) is 72.5 Å². The minimum atomic E-state index is 0.463. The Balaban J connectivity index is 0.0000000952. The average Bonchev–Trinajstić information content (AvgIpc) is 4.21. The molecule has 10 aromatic heterocycles. The maximum absolute atomic E-state index is 4.25. The SMILES string of the molecule is Cc1ccc2[se]c3cnccc3c2c1.Cc1ccc2c(c1)[se]c1cnccc12.Cc1cccc2[se]c3cnccc3c12.Cc1cccc2c1[se]c1cnccc12.Cc1cncc2[se]c3ccccc3c12. The van der Waals surface area contributed by atoms with Crippen molar-refractivity contribution in [1.82, 2.24) is 24.9 Å². The molecule has 10 heterocycles. The number of benzene rings is 5. The van der Waals surface area contributed by atoms with E-state index in [1.54, 1.807) is 0 Å². The first-order valence-electron chi connectivity index (χ1n) is 22.9. The summed E-state index contributed by atoms with van der Waals surface area (Å²) in [5, 5.41) is 14.1. The van der Waals surface area contributed by atoms with E-state index in [1.807, 2.05) is 62.0 Å². The van der Waals surface area contributed by atoms with Gasteiger partial charge in [0.15, 0.2) is 0 Å². The van der Waals surface area contributed by atoms with Crippen LogP contribution in [-0.2, 0) is 0 Å². The Labute approximate surface area is 435 Å². The Morgan fingerprint density at radius 3 is 1.50 bits per heavy atom. The third-order valence-corrected chi connectivity index (χ3v) is 24.4. The summed E-state index contributed by atoms with van der Waals surface area (Å²) in [4.78, 5) is 21.0. The van der Waals surface area contributed by atoms with Gasteiger partial charge in [0.25, 0.3) is 0 Å². The number of pyridine rings is 5. The van der Waals surface area contributed by atoms with E-state index in [1.165, 1.54) is 124 Å². The van der Waals surface area contributed by atoms with Crippen LogP contribution in [0.3, 0.4) is 0 Å². The molecule has 0 spiro atoms. The first-order valence-corrected chi connectivity index (χ1v) is 31.5. The summed E-state index contributed by atoms with van der Waals surface area (Å²) in [6.45, 7) is 10.8. The molecule has 10 heteroatoms. The predicted octanol–water partition coefficient (Wildman–Crippen LogP) is 13.8. The summed E-state index contributed by atoms with van der Waals surface area (Å²) in [6.07, 6.45) is 19.5. The summed E-state index contributed by atoms with van der Waals surface area (Å²) < 4.78 is 14.6. The molecule has 0 radical (unpaired) electrons. The standard InChI is InChI=1S/5C12H9NSe/c1-8-2-3-11-10(6-8)9-4-5-13-7-12(9)14-11;1-8-2-3-9-10-4-5-13-7-12(10)14-11(9)6-8;1-8-3-2-4-10-12(8)9-5-6-13-7-11(9)14-10;1-8-3-2-4-10-9-5-6-13-7-11(9)14-12(8)10;1-8-6-13-7-11-12(8)9-4-2-3-5-10(9)14-11/h5*2-7H,1H3. The van der Waals surface area contributed by atoms with Crippen molar-refractivity contribution in [3.8, 4) is 0 Å². The third-order valence-electron chi connectivity index (χ3n) is 12.3. The van der Waals surface area contributed by atoms with Crippen molar-refractivity contribution in [2.24, 2.45) is 0 Å². The van der Waals surface area contributed by atoms with Crippen LogP contribution in [0.15, 0.2) is 183 Å². The van der Waals surface area contributed by atoms with Gasteiger partial charge in [0.1, 0.15) is 0 Å². The second-order valence-electron chi connectivity index (χ2n) is 17.2. The van der Waals surface area contributed by atoms with Crippen LogP contribution in [0.25, 0.3) is 96.5 Å². The van der Waals surface area contributed by atoms with Crippen LogP contribution in [-0.4, -0.2) is 97.4 Å². The molecule has 0 bridgehead atoms. The number of aryl methyl sites for hydroxylation is 5. The van der Waals surface area contributed by atoms with E-state index < -0.39 is 0 Å². The number of fused-ring (bicyclic) bond motifs is 15. The molecule has 0 saturated carbocycles. The number of hydrogen-bond donors (Lipinski definition) is 0. The van der Waals surface area contributed by atoms with Crippen LogP contribution < -0.4 is 0 Å². The molecule has 70 heavy (non-hydrogen) atoms. The van der Waals surface area contributed by atoms with Crippen LogP contribution in [0.2, 0.25) is 0 Å². The molecule has 15 aromatic rings. The van der Waals surface area contributed by atoms with Crippen LogP contribution in [0.1, 0.15) is 27.8 Å². The summed E-state index contributed by atoms with van der Waals surface area (Å²) in [7, 11) is 0. The van der Waals surface area contributed by atoms with E-state index in [9.17, 15) is 0 Å². The number of rotatable bonds is 0. The first-order chi connectivity index (χ1) is 34.3. The van der Waals surface area contributed by atoms with Crippen molar-refractivity contribution in [1.29, 1.82) is 0 Å². The quantitative estimate of drug-likeness (QED) is 0.142. The fraction of sp³-hybridized carbons (Fsp3) is 0.0833. The van der Waals surface area contributed by atoms with E-state index in [2.05, 4.69) is 181 Å². The van der Waals surface area contributed by atoms with Gasteiger partial charge in [-0.2, -0.15) is 0 Å². The molecular formula is C60H45N5Se5. The number of aromatic nitrogens is 5. The van der Waals surface area contributed by atoms with Crippen molar-refractivity contribution < 1.29 is 0 Å². The van der Waals surface area contributed by atoms with Gasteiger partial charge in [-0.3, -0.25) is 0 Å². The van der Waals surface area contributed by atoms with E-state index in [0.717, 1.165) is 0 Å². The van der Waals surface area contributed by atoms with Crippen molar-refractivity contribution in [2.75, 3.05) is 0 Å². The molecule has 0 saturated heterocycles. The molecule has 0 amide bonds. The van der Waals surface area contributed by atoms with Crippen molar-refractivity contribution >= 4 is 169 Å². The molecule has 0 atom stereocenters. The molecule has 0 fully saturated rings.